The number of hydrogen-bond acceptors (Lipinski definition) is 0. The second-order valence-corrected chi connectivity index (χ2v) is 3.77. The second-order valence-electron chi connectivity index (χ2n) is 3.77. The molecule has 0 amide bonds. The van der Waals surface area contributed by atoms with E-state index < -0.39 is 0 Å². The first-order valence-electron chi connectivity index (χ1n) is 5.19. The van der Waals surface area contributed by atoms with E-state index in [-0.39, 0.29) is 5.75 Å². The first kappa shape index (κ1) is 9.04. The summed E-state index contributed by atoms with van der Waals surface area (Å²) in [4.78, 5) is 3.25. The molecule has 0 bridgehead atoms. The maximum absolute atomic E-state index is 11.7. The average Bonchev–Trinajstić information content (AvgIpc) is 2.73. The molecule has 0 aliphatic heterocycles. The molecule has 1 N–H and O–H groups in total. The summed E-state index contributed by atoms with van der Waals surface area (Å²) in [5.41, 5.74) is 2.66. The van der Waals surface area contributed by atoms with Crippen LogP contribution in [0.4, 0.5) is 0 Å². The molecule has 2 aromatic carbocycles. The van der Waals surface area contributed by atoms with Gasteiger partial charge in [0, 0.05) is 16.5 Å². The highest BCUT2D eigenvalue weighted by atomic mass is 16.3. The van der Waals surface area contributed by atoms with E-state index in [2.05, 4.69) is 4.98 Å². The fraction of sp³-hybridized carbons (Fsp3) is 0. The van der Waals surface area contributed by atoms with Crippen LogP contribution in [-0.2, 0) is 5.11 Å². The van der Waals surface area contributed by atoms with Crippen LogP contribution in [0.2, 0.25) is 0 Å². The molecule has 0 aliphatic rings. The molecule has 3 aromatic rings. The molecule has 2 heteroatoms. The van der Waals surface area contributed by atoms with Crippen LogP contribution in [0.5, 0.6) is 5.75 Å². The van der Waals surface area contributed by atoms with Crippen molar-refractivity contribution in [3.63, 3.8) is 0 Å². The second kappa shape index (κ2) is 3.42. The molecule has 0 atom stereocenters. The Morgan fingerprint density at radius 3 is 2.44 bits per heavy atom. The van der Waals surface area contributed by atoms with E-state index in [1.54, 1.807) is 12.1 Å². The van der Waals surface area contributed by atoms with Crippen molar-refractivity contribution in [2.24, 2.45) is 0 Å². The number of aromatic amines is 1. The maximum atomic E-state index is 11.7. The summed E-state index contributed by atoms with van der Waals surface area (Å²) in [5.74, 6) is 0.0501. The van der Waals surface area contributed by atoms with Crippen LogP contribution < -0.4 is 0 Å². The minimum atomic E-state index is 0.0501. The van der Waals surface area contributed by atoms with E-state index in [9.17, 15) is 5.11 Å². The minimum Gasteiger partial charge on any atom is -0.354 e. The molecule has 2 nitrogen and oxygen atoms in total. The number of rotatable bonds is 1. The van der Waals surface area contributed by atoms with Crippen molar-refractivity contribution >= 4 is 10.9 Å². The molecule has 0 fully saturated rings. The Morgan fingerprint density at radius 2 is 1.62 bits per heavy atom. The van der Waals surface area contributed by atoms with Gasteiger partial charge < -0.3 is 4.98 Å². The highest BCUT2D eigenvalue weighted by molar-refractivity contribution is 5.86. The van der Waals surface area contributed by atoms with Crippen LogP contribution in [-0.4, -0.2) is 4.98 Å². The van der Waals surface area contributed by atoms with Crippen LogP contribution >= 0.6 is 0 Å². The predicted octanol–water partition coefficient (Wildman–Crippen LogP) is 3.98. The van der Waals surface area contributed by atoms with Crippen LogP contribution in [0.15, 0.2) is 54.6 Å². The molecule has 1 radical (unpaired) electrons. The van der Waals surface area contributed by atoms with Gasteiger partial charge in [-0.3, -0.25) is 5.11 Å². The number of hydrogen-bond donors (Lipinski definition) is 1. The Morgan fingerprint density at radius 1 is 0.875 bits per heavy atom. The molecule has 1 heterocycles. The minimum absolute atomic E-state index is 0.0501. The van der Waals surface area contributed by atoms with Gasteiger partial charge in [0.15, 0.2) is 5.75 Å². The number of benzene rings is 2. The summed E-state index contributed by atoms with van der Waals surface area (Å²) in [6.07, 6.45) is 0. The Balaban J connectivity index is 2.23. The molecule has 3 rings (SSSR count). The monoisotopic (exact) mass is 208 g/mol. The van der Waals surface area contributed by atoms with Crippen LogP contribution in [0, 0.1) is 0 Å². The van der Waals surface area contributed by atoms with Crippen molar-refractivity contribution in [1.29, 1.82) is 0 Å². The third kappa shape index (κ3) is 1.36. The lowest BCUT2D eigenvalue weighted by molar-refractivity contribution is 0.356. The molecule has 16 heavy (non-hydrogen) atoms. The normalized spacial score (nSPS) is 10.8. The summed E-state index contributed by atoms with van der Waals surface area (Å²) in [7, 11) is 0. The van der Waals surface area contributed by atoms with E-state index in [0.29, 0.717) is 0 Å². The number of aromatic nitrogens is 1. The first-order valence-corrected chi connectivity index (χ1v) is 5.19. The Bertz CT molecular complexity index is 607. The van der Waals surface area contributed by atoms with Gasteiger partial charge >= 0.3 is 0 Å². The summed E-state index contributed by atoms with van der Waals surface area (Å²) in [5, 5.41) is 12.8. The molecule has 0 aliphatic carbocycles. The highest BCUT2D eigenvalue weighted by Gasteiger charge is 2.07. The first-order chi connectivity index (χ1) is 7.84. The summed E-state index contributed by atoms with van der Waals surface area (Å²) >= 11 is 0. The van der Waals surface area contributed by atoms with Crippen LogP contribution in [0.3, 0.4) is 0 Å². The number of H-pyrrole nitrogens is 1. The van der Waals surface area contributed by atoms with Gasteiger partial charge in [0.1, 0.15) is 0 Å². The van der Waals surface area contributed by atoms with E-state index in [4.69, 9.17) is 0 Å². The van der Waals surface area contributed by atoms with E-state index >= 15 is 0 Å². The lowest BCUT2D eigenvalue weighted by Crippen LogP contribution is -1.76. The van der Waals surface area contributed by atoms with Gasteiger partial charge in [-0.1, -0.05) is 30.3 Å². The smallest absolute Gasteiger partial charge is 0.187 e. The Hall–Kier alpha value is -2.22. The summed E-state index contributed by atoms with van der Waals surface area (Å²) in [6.45, 7) is 0. The summed E-state index contributed by atoms with van der Waals surface area (Å²) in [6, 6.07) is 17.1. The van der Waals surface area contributed by atoms with Gasteiger partial charge in [0.25, 0.3) is 0 Å². The molecule has 0 unspecified atom stereocenters. The SMILES string of the molecule is [O]c1ccccc1-c1cc2ccccc2[nH]1. The standard InChI is InChI=1S/C14H10NO/c16-14-8-4-2-6-11(14)13-9-10-5-1-3-7-12(10)15-13/h1-9,15H. The van der Waals surface area contributed by atoms with Crippen molar-refractivity contribution in [3.8, 4) is 17.0 Å². The van der Waals surface area contributed by atoms with Gasteiger partial charge in [-0.05, 0) is 24.3 Å². The average molecular weight is 208 g/mol. The van der Waals surface area contributed by atoms with Crippen molar-refractivity contribution in [2.45, 2.75) is 0 Å². The maximum Gasteiger partial charge on any atom is 0.187 e. The zero-order chi connectivity index (χ0) is 11.0. The van der Waals surface area contributed by atoms with E-state index in [1.165, 1.54) is 0 Å². The Kier molecular flexibility index (Phi) is 1.93. The molecule has 0 spiro atoms. The van der Waals surface area contributed by atoms with Crippen molar-refractivity contribution < 1.29 is 5.11 Å². The van der Waals surface area contributed by atoms with Gasteiger partial charge in [-0.2, -0.15) is 0 Å². The fourth-order valence-electron chi connectivity index (χ4n) is 1.91. The van der Waals surface area contributed by atoms with E-state index in [0.717, 1.165) is 22.2 Å². The van der Waals surface area contributed by atoms with Gasteiger partial charge in [-0.25, -0.2) is 0 Å². The van der Waals surface area contributed by atoms with Crippen LogP contribution in [0.25, 0.3) is 22.2 Å². The third-order valence-corrected chi connectivity index (χ3v) is 2.71. The molecular formula is C14H10NO. The van der Waals surface area contributed by atoms with Crippen molar-refractivity contribution in [1.82, 2.24) is 4.98 Å². The lowest BCUT2D eigenvalue weighted by atomic mass is 10.1. The van der Waals surface area contributed by atoms with Gasteiger partial charge in [-0.15, -0.1) is 0 Å². The zero-order valence-electron chi connectivity index (χ0n) is 8.60. The summed E-state index contributed by atoms with van der Waals surface area (Å²) < 4.78 is 0. The quantitative estimate of drug-likeness (QED) is 0.628. The molecular weight excluding hydrogens is 198 g/mol. The fourth-order valence-corrected chi connectivity index (χ4v) is 1.91. The largest absolute Gasteiger partial charge is 0.354 e. The number of fused-ring (bicyclic) bond motifs is 1. The van der Waals surface area contributed by atoms with Crippen molar-refractivity contribution in [2.75, 3.05) is 0 Å². The molecule has 77 valence electrons. The topological polar surface area (TPSA) is 35.7 Å². The van der Waals surface area contributed by atoms with Gasteiger partial charge in [0.2, 0.25) is 0 Å². The van der Waals surface area contributed by atoms with Crippen LogP contribution in [0.1, 0.15) is 0 Å². The number of nitrogens with one attached hydrogen (secondary N) is 1. The number of para-hydroxylation sites is 2. The van der Waals surface area contributed by atoms with E-state index in [1.807, 2.05) is 42.5 Å². The van der Waals surface area contributed by atoms with Crippen molar-refractivity contribution in [3.05, 3.63) is 54.6 Å². The predicted molar refractivity (Wildman–Crippen MR) is 63.9 cm³/mol. The molecule has 0 saturated carbocycles. The third-order valence-electron chi connectivity index (χ3n) is 2.71. The molecule has 0 saturated heterocycles. The molecule has 1 aromatic heterocycles. The zero-order valence-corrected chi connectivity index (χ0v) is 8.60. The Labute approximate surface area is 93.2 Å². The lowest BCUT2D eigenvalue weighted by Gasteiger charge is -1.97. The highest BCUT2D eigenvalue weighted by Crippen LogP contribution is 2.30. The van der Waals surface area contributed by atoms with Gasteiger partial charge in [0.05, 0.1) is 5.69 Å².